The molecule has 2 rings (SSSR count). The maximum Gasteiger partial charge on any atom is 0.363 e. The molecule has 6 heteroatoms. The molecule has 1 aromatic heterocycles. The maximum absolute atomic E-state index is 10.6. The Hall–Kier alpha value is -1.69. The molecule has 1 aliphatic rings. The van der Waals surface area contributed by atoms with Crippen molar-refractivity contribution in [3.8, 4) is 0 Å². The van der Waals surface area contributed by atoms with E-state index in [1.807, 2.05) is 0 Å². The topological polar surface area (TPSA) is 71.3 Å². The third kappa shape index (κ3) is 3.90. The number of anilines is 1. The molecule has 0 spiro atoms. The number of nitrogens with zero attached hydrogens (tertiary/aromatic N) is 3. The fourth-order valence-corrected chi connectivity index (χ4v) is 2.62. The summed E-state index contributed by atoms with van der Waals surface area (Å²) in [4.78, 5) is 16.3. The number of pyridine rings is 1. The largest absolute Gasteiger partial charge is 0.367 e. The molecule has 1 unspecified atom stereocenters. The first-order valence-corrected chi connectivity index (χ1v) is 6.98. The lowest BCUT2D eigenvalue weighted by Crippen LogP contribution is -2.52. The SMILES string of the molecule is CC(C)(C)NC1CCCN(c2ccc([N+](=O)[O-])nc2)C1. The zero-order valence-electron chi connectivity index (χ0n) is 12.3. The molecular weight excluding hydrogens is 256 g/mol. The van der Waals surface area contributed by atoms with Crippen molar-refractivity contribution in [2.45, 2.75) is 45.2 Å². The second kappa shape index (κ2) is 5.75. The molecule has 0 aliphatic carbocycles. The number of hydrogen-bond acceptors (Lipinski definition) is 5. The van der Waals surface area contributed by atoms with Gasteiger partial charge >= 0.3 is 5.82 Å². The van der Waals surface area contributed by atoms with E-state index in [1.54, 1.807) is 12.3 Å². The van der Waals surface area contributed by atoms with Gasteiger partial charge in [-0.1, -0.05) is 0 Å². The molecule has 20 heavy (non-hydrogen) atoms. The second-order valence-electron chi connectivity index (χ2n) is 6.31. The first-order chi connectivity index (χ1) is 9.35. The number of aromatic nitrogens is 1. The number of nitro groups is 1. The van der Waals surface area contributed by atoms with Crippen LogP contribution in [0.4, 0.5) is 11.5 Å². The van der Waals surface area contributed by atoms with Crippen molar-refractivity contribution in [2.24, 2.45) is 0 Å². The van der Waals surface area contributed by atoms with Gasteiger partial charge in [0.15, 0.2) is 6.20 Å². The van der Waals surface area contributed by atoms with E-state index < -0.39 is 4.92 Å². The Labute approximate surface area is 119 Å². The maximum atomic E-state index is 10.6. The average Bonchev–Trinajstić information content (AvgIpc) is 2.37. The van der Waals surface area contributed by atoms with Gasteiger partial charge in [-0.05, 0) is 49.6 Å². The first-order valence-electron chi connectivity index (χ1n) is 6.98. The molecule has 1 atom stereocenters. The molecule has 1 aromatic rings. The molecule has 0 radical (unpaired) electrons. The lowest BCUT2D eigenvalue weighted by molar-refractivity contribution is -0.389. The summed E-state index contributed by atoms with van der Waals surface area (Å²) < 4.78 is 0. The summed E-state index contributed by atoms with van der Waals surface area (Å²) in [5, 5.41) is 14.2. The van der Waals surface area contributed by atoms with Crippen molar-refractivity contribution in [3.63, 3.8) is 0 Å². The predicted molar refractivity (Wildman–Crippen MR) is 79.0 cm³/mol. The van der Waals surface area contributed by atoms with Crippen LogP contribution in [0.2, 0.25) is 0 Å². The van der Waals surface area contributed by atoms with Gasteiger partial charge in [0.1, 0.15) is 0 Å². The highest BCUT2D eigenvalue weighted by Crippen LogP contribution is 2.21. The van der Waals surface area contributed by atoms with Gasteiger partial charge in [0.05, 0.1) is 5.69 Å². The molecular formula is C14H22N4O2. The van der Waals surface area contributed by atoms with Gasteiger partial charge in [-0.25, -0.2) is 0 Å². The fourth-order valence-electron chi connectivity index (χ4n) is 2.62. The molecule has 0 saturated carbocycles. The quantitative estimate of drug-likeness (QED) is 0.678. The standard InChI is InChI=1S/C14H22N4O2/c1-14(2,3)16-11-5-4-8-17(10-11)12-6-7-13(15-9-12)18(19)20/h6-7,9,11,16H,4-5,8,10H2,1-3H3. The van der Waals surface area contributed by atoms with Gasteiger partial charge in [-0.15, -0.1) is 0 Å². The number of rotatable bonds is 3. The van der Waals surface area contributed by atoms with E-state index in [4.69, 9.17) is 0 Å². The third-order valence-corrected chi connectivity index (χ3v) is 3.34. The van der Waals surface area contributed by atoms with Crippen molar-refractivity contribution in [3.05, 3.63) is 28.4 Å². The van der Waals surface area contributed by atoms with Crippen LogP contribution in [0.15, 0.2) is 18.3 Å². The summed E-state index contributed by atoms with van der Waals surface area (Å²) in [6.07, 6.45) is 3.87. The zero-order chi connectivity index (χ0) is 14.8. The summed E-state index contributed by atoms with van der Waals surface area (Å²) in [6.45, 7) is 8.39. The van der Waals surface area contributed by atoms with Gasteiger partial charge in [-0.3, -0.25) is 0 Å². The van der Waals surface area contributed by atoms with Gasteiger partial charge in [-0.2, -0.15) is 0 Å². The van der Waals surface area contributed by atoms with Crippen LogP contribution in [0.3, 0.4) is 0 Å². The van der Waals surface area contributed by atoms with Crippen molar-refractivity contribution < 1.29 is 4.92 Å². The molecule has 1 fully saturated rings. The highest BCUT2D eigenvalue weighted by atomic mass is 16.6. The Bertz CT molecular complexity index is 467. The number of nitrogens with one attached hydrogen (secondary N) is 1. The lowest BCUT2D eigenvalue weighted by atomic mass is 10.0. The predicted octanol–water partition coefficient (Wildman–Crippen LogP) is 2.35. The van der Waals surface area contributed by atoms with E-state index in [0.29, 0.717) is 6.04 Å². The van der Waals surface area contributed by atoms with Crippen LogP contribution in [0, 0.1) is 10.1 Å². The molecule has 0 amide bonds. The van der Waals surface area contributed by atoms with E-state index >= 15 is 0 Å². The highest BCUT2D eigenvalue weighted by Gasteiger charge is 2.24. The lowest BCUT2D eigenvalue weighted by Gasteiger charge is -2.37. The van der Waals surface area contributed by atoms with Gasteiger partial charge < -0.3 is 20.3 Å². The third-order valence-electron chi connectivity index (χ3n) is 3.34. The summed E-state index contributed by atoms with van der Waals surface area (Å²) in [7, 11) is 0. The molecule has 1 saturated heterocycles. The van der Waals surface area contributed by atoms with Crippen LogP contribution in [-0.4, -0.2) is 34.6 Å². The second-order valence-corrected chi connectivity index (χ2v) is 6.31. The molecule has 0 aromatic carbocycles. The smallest absolute Gasteiger partial charge is 0.363 e. The Morgan fingerprint density at radius 3 is 2.75 bits per heavy atom. The summed E-state index contributed by atoms with van der Waals surface area (Å²) in [5.74, 6) is -0.102. The molecule has 6 nitrogen and oxygen atoms in total. The van der Waals surface area contributed by atoms with Crippen molar-refractivity contribution in [2.75, 3.05) is 18.0 Å². The normalized spacial score (nSPS) is 19.9. The Morgan fingerprint density at radius 1 is 1.45 bits per heavy atom. The molecule has 0 bridgehead atoms. The Morgan fingerprint density at radius 2 is 2.20 bits per heavy atom. The molecule has 1 N–H and O–H groups in total. The Kier molecular flexibility index (Phi) is 4.23. The van der Waals surface area contributed by atoms with Crippen LogP contribution >= 0.6 is 0 Å². The Balaban J connectivity index is 2.03. The monoisotopic (exact) mass is 278 g/mol. The molecule has 2 heterocycles. The summed E-state index contributed by atoms with van der Waals surface area (Å²) in [5.41, 5.74) is 1.05. The highest BCUT2D eigenvalue weighted by molar-refractivity contribution is 5.47. The van der Waals surface area contributed by atoms with Gasteiger partial charge in [0, 0.05) is 30.7 Å². The van der Waals surface area contributed by atoms with Crippen LogP contribution < -0.4 is 10.2 Å². The molecule has 1 aliphatic heterocycles. The first kappa shape index (κ1) is 14.7. The van der Waals surface area contributed by atoms with Crippen LogP contribution in [0.1, 0.15) is 33.6 Å². The summed E-state index contributed by atoms with van der Waals surface area (Å²) >= 11 is 0. The van der Waals surface area contributed by atoms with Crippen molar-refractivity contribution in [1.82, 2.24) is 10.3 Å². The minimum absolute atomic E-state index is 0.0986. The van der Waals surface area contributed by atoms with E-state index in [1.165, 1.54) is 6.07 Å². The van der Waals surface area contributed by atoms with Crippen LogP contribution in [0.25, 0.3) is 0 Å². The van der Waals surface area contributed by atoms with Crippen LogP contribution in [0.5, 0.6) is 0 Å². The minimum Gasteiger partial charge on any atom is -0.367 e. The van der Waals surface area contributed by atoms with Crippen LogP contribution in [-0.2, 0) is 0 Å². The van der Waals surface area contributed by atoms with E-state index in [0.717, 1.165) is 31.6 Å². The van der Waals surface area contributed by atoms with E-state index in [-0.39, 0.29) is 11.4 Å². The number of hydrogen-bond donors (Lipinski definition) is 1. The van der Waals surface area contributed by atoms with Crippen molar-refractivity contribution >= 4 is 11.5 Å². The minimum atomic E-state index is -0.468. The average molecular weight is 278 g/mol. The number of piperidine rings is 1. The van der Waals surface area contributed by atoms with Gasteiger partial charge in [0.2, 0.25) is 0 Å². The van der Waals surface area contributed by atoms with Crippen molar-refractivity contribution in [1.29, 1.82) is 0 Å². The van der Waals surface area contributed by atoms with E-state index in [2.05, 4.69) is 36.0 Å². The van der Waals surface area contributed by atoms with E-state index in [9.17, 15) is 10.1 Å². The summed E-state index contributed by atoms with van der Waals surface area (Å²) in [6, 6.07) is 3.69. The molecule has 110 valence electrons. The zero-order valence-corrected chi connectivity index (χ0v) is 12.3. The van der Waals surface area contributed by atoms with Gasteiger partial charge in [0.25, 0.3) is 0 Å². The fraction of sp³-hybridized carbons (Fsp3) is 0.643.